The van der Waals surface area contributed by atoms with E-state index < -0.39 is 20.8 Å². The molecule has 4 unspecified atom stereocenters. The average molecular weight is 312 g/mol. The van der Waals surface area contributed by atoms with Gasteiger partial charge in [-0.25, -0.2) is 15.0 Å². The van der Waals surface area contributed by atoms with E-state index in [0.717, 1.165) is 0 Å². The minimum atomic E-state index is -0.707. The number of hydrogen-bond acceptors (Lipinski definition) is 8. The van der Waals surface area contributed by atoms with Crippen molar-refractivity contribution in [2.24, 2.45) is 0 Å². The molecule has 0 aromatic carbocycles. The van der Waals surface area contributed by atoms with Crippen molar-refractivity contribution in [2.45, 2.75) is 24.9 Å². The van der Waals surface area contributed by atoms with Crippen molar-refractivity contribution in [3.05, 3.63) is 12.7 Å². The predicted octanol–water partition coefficient (Wildman–Crippen LogP) is 0.0550. The van der Waals surface area contributed by atoms with Crippen molar-refractivity contribution < 1.29 is 19.1 Å². The van der Waals surface area contributed by atoms with Crippen LogP contribution in [0.15, 0.2) is 12.7 Å². The molecule has 1 aliphatic heterocycles. The van der Waals surface area contributed by atoms with E-state index in [9.17, 15) is 9.67 Å². The first-order chi connectivity index (χ1) is 10.2. The number of imidazole rings is 1. The molecule has 21 heavy (non-hydrogen) atoms. The zero-order chi connectivity index (χ0) is 14.8. The average Bonchev–Trinajstić information content (AvgIpc) is 3.04. The van der Waals surface area contributed by atoms with Crippen LogP contribution in [-0.4, -0.2) is 49.8 Å². The van der Waals surface area contributed by atoms with E-state index in [4.69, 9.17) is 15.2 Å². The number of nitrogens with zero attached hydrogens (tertiary/aromatic N) is 4. The van der Waals surface area contributed by atoms with Crippen LogP contribution in [0.4, 0.5) is 5.82 Å². The van der Waals surface area contributed by atoms with Crippen LogP contribution in [0.25, 0.3) is 11.2 Å². The SMILES string of the molecule is Nc1ncnc2c1ncn2C1OC(COC[PH]=O)CC1O. The molecule has 1 saturated heterocycles. The highest BCUT2D eigenvalue weighted by atomic mass is 31.1. The van der Waals surface area contributed by atoms with Gasteiger partial charge >= 0.3 is 0 Å². The molecule has 4 atom stereocenters. The molecule has 0 spiro atoms. The van der Waals surface area contributed by atoms with Crippen molar-refractivity contribution in [3.8, 4) is 0 Å². The number of aliphatic hydroxyl groups excluding tert-OH is 1. The van der Waals surface area contributed by atoms with Gasteiger partial charge in [-0.2, -0.15) is 0 Å². The summed E-state index contributed by atoms with van der Waals surface area (Å²) in [6, 6.07) is 0. The van der Waals surface area contributed by atoms with Crippen LogP contribution in [0.1, 0.15) is 12.6 Å². The molecule has 0 amide bonds. The van der Waals surface area contributed by atoms with Gasteiger partial charge in [-0.05, 0) is 0 Å². The Morgan fingerprint density at radius 1 is 1.52 bits per heavy atom. The number of rotatable bonds is 5. The van der Waals surface area contributed by atoms with Crippen molar-refractivity contribution in [3.63, 3.8) is 0 Å². The summed E-state index contributed by atoms with van der Waals surface area (Å²) in [5.41, 5.74) is 6.71. The summed E-state index contributed by atoms with van der Waals surface area (Å²) >= 11 is 0. The third-order valence-electron chi connectivity index (χ3n) is 3.29. The van der Waals surface area contributed by atoms with Crippen LogP contribution in [-0.2, 0) is 14.0 Å². The molecule has 113 valence electrons. The first-order valence-corrected chi connectivity index (χ1v) is 7.51. The molecule has 2 aromatic rings. The van der Waals surface area contributed by atoms with E-state index in [1.54, 1.807) is 4.57 Å². The van der Waals surface area contributed by atoms with Gasteiger partial charge in [0.05, 0.1) is 27.5 Å². The molecular formula is C11H15N5O4P. The molecule has 0 bridgehead atoms. The normalized spacial score (nSPS) is 25.9. The predicted molar refractivity (Wildman–Crippen MR) is 74.1 cm³/mol. The second-order valence-electron chi connectivity index (χ2n) is 4.69. The summed E-state index contributed by atoms with van der Waals surface area (Å²) in [5, 5.41) is 10.2. The lowest BCUT2D eigenvalue weighted by molar-refractivity contribution is -0.0557. The van der Waals surface area contributed by atoms with E-state index in [1.807, 2.05) is 0 Å². The van der Waals surface area contributed by atoms with Gasteiger partial charge in [0, 0.05) is 6.42 Å². The highest BCUT2D eigenvalue weighted by Crippen LogP contribution is 2.31. The van der Waals surface area contributed by atoms with E-state index in [0.29, 0.717) is 17.6 Å². The fourth-order valence-corrected chi connectivity index (χ4v) is 2.58. The molecule has 3 N–H and O–H groups in total. The van der Waals surface area contributed by atoms with Gasteiger partial charge in [0.1, 0.15) is 24.3 Å². The largest absolute Gasteiger partial charge is 0.388 e. The topological polar surface area (TPSA) is 125 Å². The monoisotopic (exact) mass is 312 g/mol. The van der Waals surface area contributed by atoms with Crippen molar-refractivity contribution in [1.82, 2.24) is 19.5 Å². The van der Waals surface area contributed by atoms with Crippen molar-refractivity contribution in [1.29, 1.82) is 0 Å². The number of aromatic nitrogens is 4. The molecule has 0 aliphatic carbocycles. The zero-order valence-corrected chi connectivity index (χ0v) is 12.0. The van der Waals surface area contributed by atoms with Crippen LogP contribution in [0.2, 0.25) is 0 Å². The molecular weight excluding hydrogens is 297 g/mol. The Labute approximate surface area is 121 Å². The number of ether oxygens (including phenoxy) is 2. The van der Waals surface area contributed by atoms with Crippen LogP contribution in [0, 0.1) is 0 Å². The van der Waals surface area contributed by atoms with Gasteiger partial charge < -0.3 is 20.3 Å². The fraction of sp³-hybridized carbons (Fsp3) is 0.545. The first kappa shape index (κ1) is 14.3. The Bertz CT molecular complexity index is 651. The highest BCUT2D eigenvalue weighted by Gasteiger charge is 2.36. The Morgan fingerprint density at radius 2 is 2.38 bits per heavy atom. The van der Waals surface area contributed by atoms with Gasteiger partial charge in [-0.3, -0.25) is 9.13 Å². The van der Waals surface area contributed by atoms with E-state index in [1.165, 1.54) is 12.7 Å². The summed E-state index contributed by atoms with van der Waals surface area (Å²) in [4.78, 5) is 12.1. The number of hydrogen-bond donors (Lipinski definition) is 2. The maximum atomic E-state index is 10.4. The molecule has 2 aromatic heterocycles. The van der Waals surface area contributed by atoms with Gasteiger partial charge in [0.15, 0.2) is 17.7 Å². The van der Waals surface area contributed by atoms with Gasteiger partial charge in [0.25, 0.3) is 0 Å². The van der Waals surface area contributed by atoms with E-state index in [-0.39, 0.29) is 24.9 Å². The third-order valence-corrected chi connectivity index (χ3v) is 3.61. The first-order valence-electron chi connectivity index (χ1n) is 6.40. The summed E-state index contributed by atoms with van der Waals surface area (Å²) in [6.07, 6.45) is 1.87. The van der Waals surface area contributed by atoms with E-state index >= 15 is 0 Å². The summed E-state index contributed by atoms with van der Waals surface area (Å²) in [7, 11) is -0.505. The quantitative estimate of drug-likeness (QED) is 0.586. The van der Waals surface area contributed by atoms with Gasteiger partial charge in [-0.1, -0.05) is 0 Å². The Balaban J connectivity index is 1.79. The highest BCUT2D eigenvalue weighted by molar-refractivity contribution is 7.23. The maximum Gasteiger partial charge on any atom is 0.167 e. The molecule has 3 heterocycles. The van der Waals surface area contributed by atoms with Crippen LogP contribution >= 0.6 is 8.46 Å². The Kier molecular flexibility index (Phi) is 4.07. The second kappa shape index (κ2) is 5.98. The Hall–Kier alpha value is -1.67. The van der Waals surface area contributed by atoms with Crippen molar-refractivity contribution in [2.75, 3.05) is 18.7 Å². The maximum absolute atomic E-state index is 10.4. The summed E-state index contributed by atoms with van der Waals surface area (Å²) < 4.78 is 22.9. The Morgan fingerprint density at radius 3 is 3.19 bits per heavy atom. The fourth-order valence-electron chi connectivity index (χ4n) is 2.38. The molecule has 0 saturated carbocycles. The van der Waals surface area contributed by atoms with Crippen LogP contribution in [0.5, 0.6) is 0 Å². The number of nitrogen functional groups attached to an aromatic ring is 1. The van der Waals surface area contributed by atoms with E-state index in [2.05, 4.69) is 15.0 Å². The zero-order valence-electron chi connectivity index (χ0n) is 11.0. The molecule has 10 heteroatoms. The lowest BCUT2D eigenvalue weighted by Crippen LogP contribution is -2.19. The molecule has 1 aliphatic rings. The third kappa shape index (κ3) is 2.73. The number of anilines is 1. The molecule has 9 nitrogen and oxygen atoms in total. The minimum Gasteiger partial charge on any atom is -0.388 e. The lowest BCUT2D eigenvalue weighted by atomic mass is 10.2. The number of fused-ring (bicyclic) bond motifs is 1. The summed E-state index contributed by atoms with van der Waals surface area (Å²) in [5.74, 6) is 0.280. The minimum absolute atomic E-state index is 0.165. The van der Waals surface area contributed by atoms with Crippen molar-refractivity contribution >= 4 is 25.4 Å². The van der Waals surface area contributed by atoms with Gasteiger partial charge in [-0.15, -0.1) is 0 Å². The molecule has 3 rings (SSSR count). The standard InChI is InChI=1S/C11H15N5O4P/c12-9-8-10(14-3-13-9)16(4-15-8)11-7(17)1-6(20-11)2-19-5-21-18/h3-4,6-7,11,17,21H,1-2,5H2,(H2,12,13,14). The second-order valence-corrected chi connectivity index (χ2v) is 5.27. The smallest absolute Gasteiger partial charge is 0.167 e. The van der Waals surface area contributed by atoms with Gasteiger partial charge in [0.2, 0.25) is 0 Å². The number of nitrogens with two attached hydrogens (primary N) is 1. The lowest BCUT2D eigenvalue weighted by Gasteiger charge is -2.16. The van der Waals surface area contributed by atoms with Crippen LogP contribution < -0.4 is 5.73 Å². The summed E-state index contributed by atoms with van der Waals surface area (Å²) in [6.45, 7) is 0.284. The number of aliphatic hydroxyl groups is 1. The van der Waals surface area contributed by atoms with Crippen LogP contribution in [0.3, 0.4) is 0 Å². The molecule has 1 fully saturated rings. The molecule has 1 radical (unpaired) electrons.